The number of fused-ring (bicyclic) bond motifs is 1. The van der Waals surface area contributed by atoms with E-state index in [-0.39, 0.29) is 18.0 Å². The number of nitrogens with two attached hydrogens (primary N) is 1. The van der Waals surface area contributed by atoms with Gasteiger partial charge in [-0.2, -0.15) is 0 Å². The Morgan fingerprint density at radius 3 is 2.45 bits per heavy atom. The smallest absolute Gasteiger partial charge is 0.262 e. The Kier molecular flexibility index (Phi) is 6.04. The summed E-state index contributed by atoms with van der Waals surface area (Å²) in [5, 5.41) is 3.05. The first-order chi connectivity index (χ1) is 13.9. The fourth-order valence-electron chi connectivity index (χ4n) is 3.27. The zero-order valence-electron chi connectivity index (χ0n) is 16.4. The second-order valence-electron chi connectivity index (χ2n) is 6.99. The first kappa shape index (κ1) is 20.2. The van der Waals surface area contributed by atoms with Crippen LogP contribution in [0.5, 0.6) is 0 Å². The van der Waals surface area contributed by atoms with E-state index in [4.69, 9.17) is 5.73 Å². The number of aromatic nitrogens is 2. The van der Waals surface area contributed by atoms with E-state index in [0.717, 1.165) is 10.5 Å². The largest absolute Gasteiger partial charge is 0.368 e. The molecule has 150 valence electrons. The van der Waals surface area contributed by atoms with Gasteiger partial charge >= 0.3 is 0 Å². The maximum absolute atomic E-state index is 12.8. The lowest BCUT2D eigenvalue weighted by atomic mass is 10.1. The molecule has 29 heavy (non-hydrogen) atoms. The minimum absolute atomic E-state index is 0.131. The highest BCUT2D eigenvalue weighted by Gasteiger charge is 2.16. The zero-order chi connectivity index (χ0) is 21.0. The molecule has 2 amide bonds. The molecule has 4 N–H and O–H groups in total. The van der Waals surface area contributed by atoms with Gasteiger partial charge in [0.25, 0.3) is 11.5 Å². The Labute approximate surface area is 168 Å². The average Bonchev–Trinajstić information content (AvgIpc) is 2.70. The van der Waals surface area contributed by atoms with Crippen LogP contribution in [-0.2, 0) is 24.4 Å². The number of hydrogen-bond acceptors (Lipinski definition) is 4. The van der Waals surface area contributed by atoms with Gasteiger partial charge in [0.2, 0.25) is 5.91 Å². The van der Waals surface area contributed by atoms with Crippen molar-refractivity contribution in [2.75, 3.05) is 14.1 Å². The molecule has 8 nitrogen and oxygen atoms in total. The molecule has 0 saturated heterocycles. The number of benzene rings is 2. The first-order valence-corrected chi connectivity index (χ1v) is 9.28. The summed E-state index contributed by atoms with van der Waals surface area (Å²) in [5.74, 6) is -0.215. The predicted octanol–water partition coefficient (Wildman–Crippen LogP) is -0.544. The van der Waals surface area contributed by atoms with Gasteiger partial charge in [0.05, 0.1) is 18.0 Å². The van der Waals surface area contributed by atoms with Crippen molar-refractivity contribution in [3.63, 3.8) is 0 Å². The molecule has 0 fully saturated rings. The van der Waals surface area contributed by atoms with Crippen LogP contribution in [0.15, 0.2) is 53.3 Å². The molecule has 3 rings (SSSR count). The van der Waals surface area contributed by atoms with E-state index >= 15 is 0 Å². The van der Waals surface area contributed by atoms with Crippen LogP contribution >= 0.6 is 0 Å². The van der Waals surface area contributed by atoms with Gasteiger partial charge in [-0.25, -0.2) is 4.98 Å². The number of hydrogen-bond donors (Lipinski definition) is 3. The maximum Gasteiger partial charge on any atom is 0.262 e. The number of carbonyl (C=O) groups excluding carboxylic acids is 2. The van der Waals surface area contributed by atoms with Crippen molar-refractivity contribution in [2.24, 2.45) is 5.73 Å². The third kappa shape index (κ3) is 4.67. The minimum atomic E-state index is -0.590. The van der Waals surface area contributed by atoms with Gasteiger partial charge in [-0.15, -0.1) is 0 Å². The monoisotopic (exact) mass is 394 g/mol. The third-order valence-corrected chi connectivity index (χ3v) is 4.66. The highest BCUT2D eigenvalue weighted by molar-refractivity contribution is 5.93. The molecule has 0 aliphatic rings. The highest BCUT2D eigenvalue weighted by Crippen LogP contribution is 2.08. The van der Waals surface area contributed by atoms with Gasteiger partial charge in [-0.1, -0.05) is 24.3 Å². The summed E-state index contributed by atoms with van der Waals surface area (Å²) in [7, 11) is 3.57. The normalized spacial score (nSPS) is 11.9. The Morgan fingerprint density at radius 1 is 1.10 bits per heavy atom. The van der Waals surface area contributed by atoms with Gasteiger partial charge in [-0.3, -0.25) is 19.0 Å². The SMILES string of the molecule is CNC(=O)c1ccc(C[NH+](C)Cc2nc3ccccc3c(=O)n2CC(N)=O)cc1. The number of para-hydroxylation sites is 1. The molecule has 0 aliphatic carbocycles. The van der Waals surface area contributed by atoms with E-state index in [0.29, 0.717) is 35.4 Å². The van der Waals surface area contributed by atoms with Crippen molar-refractivity contribution in [3.05, 3.63) is 75.8 Å². The van der Waals surface area contributed by atoms with Crippen molar-refractivity contribution in [3.8, 4) is 0 Å². The predicted molar refractivity (Wildman–Crippen MR) is 109 cm³/mol. The third-order valence-electron chi connectivity index (χ3n) is 4.66. The Morgan fingerprint density at radius 2 is 1.79 bits per heavy atom. The number of amides is 2. The van der Waals surface area contributed by atoms with E-state index in [1.807, 2.05) is 25.2 Å². The van der Waals surface area contributed by atoms with Crippen LogP contribution in [0.3, 0.4) is 0 Å². The summed E-state index contributed by atoms with van der Waals surface area (Å²) in [5.41, 5.74) is 7.31. The van der Waals surface area contributed by atoms with Crippen molar-refractivity contribution < 1.29 is 14.5 Å². The topological polar surface area (TPSA) is 112 Å². The van der Waals surface area contributed by atoms with Crippen LogP contribution in [0.4, 0.5) is 0 Å². The Hall–Kier alpha value is -3.52. The van der Waals surface area contributed by atoms with Crippen LogP contribution in [0.1, 0.15) is 21.7 Å². The molecule has 3 aromatic rings. The summed E-state index contributed by atoms with van der Waals surface area (Å²) in [6, 6.07) is 14.4. The number of nitrogens with zero attached hydrogens (tertiary/aromatic N) is 2. The first-order valence-electron chi connectivity index (χ1n) is 9.28. The van der Waals surface area contributed by atoms with E-state index in [1.54, 1.807) is 37.4 Å². The summed E-state index contributed by atoms with van der Waals surface area (Å²) in [6.45, 7) is 0.887. The molecule has 8 heteroatoms. The van der Waals surface area contributed by atoms with Crippen molar-refractivity contribution in [1.82, 2.24) is 14.9 Å². The molecule has 1 aromatic heterocycles. The molecule has 1 unspecified atom stereocenters. The van der Waals surface area contributed by atoms with Gasteiger partial charge in [-0.05, 0) is 24.3 Å². The van der Waals surface area contributed by atoms with Crippen molar-refractivity contribution >= 4 is 22.7 Å². The second kappa shape index (κ2) is 8.66. The Balaban J connectivity index is 1.85. The van der Waals surface area contributed by atoms with Crippen molar-refractivity contribution in [2.45, 2.75) is 19.6 Å². The average molecular weight is 394 g/mol. The second-order valence-corrected chi connectivity index (χ2v) is 6.99. The number of primary amides is 1. The number of quaternary nitrogens is 1. The lowest BCUT2D eigenvalue weighted by Gasteiger charge is -2.17. The van der Waals surface area contributed by atoms with Crippen LogP contribution < -0.4 is 21.5 Å². The summed E-state index contributed by atoms with van der Waals surface area (Å²) < 4.78 is 1.35. The lowest BCUT2D eigenvalue weighted by molar-refractivity contribution is -0.908. The molecule has 1 heterocycles. The van der Waals surface area contributed by atoms with Crippen LogP contribution in [0.2, 0.25) is 0 Å². The fourth-order valence-corrected chi connectivity index (χ4v) is 3.27. The molecule has 0 spiro atoms. The molecule has 2 aromatic carbocycles. The highest BCUT2D eigenvalue weighted by atomic mass is 16.2. The lowest BCUT2D eigenvalue weighted by Crippen LogP contribution is -3.06. The summed E-state index contributed by atoms with van der Waals surface area (Å²) in [6.07, 6.45) is 0. The standard InChI is InChI=1S/C21H23N5O3/c1-23-20(28)15-9-7-14(8-10-15)11-25(2)13-19-24-17-6-4-3-5-16(17)21(29)26(19)12-18(22)27/h3-10H,11-13H2,1-2H3,(H2,22,27)(H,23,28)/p+1. The molecule has 0 saturated carbocycles. The van der Waals surface area contributed by atoms with E-state index in [1.165, 1.54) is 4.57 Å². The molecule has 0 aliphatic heterocycles. The molecular weight excluding hydrogens is 370 g/mol. The Bertz CT molecular complexity index is 1110. The van der Waals surface area contributed by atoms with Gasteiger partial charge in [0, 0.05) is 18.2 Å². The number of rotatable bonds is 7. The van der Waals surface area contributed by atoms with E-state index in [2.05, 4.69) is 10.3 Å². The zero-order valence-corrected chi connectivity index (χ0v) is 16.4. The van der Waals surface area contributed by atoms with Crippen LogP contribution in [0, 0.1) is 0 Å². The fraction of sp³-hybridized carbons (Fsp3) is 0.238. The minimum Gasteiger partial charge on any atom is -0.368 e. The number of carbonyl (C=O) groups is 2. The van der Waals surface area contributed by atoms with E-state index in [9.17, 15) is 14.4 Å². The molecule has 0 bridgehead atoms. The number of nitrogens with one attached hydrogen (secondary N) is 2. The summed E-state index contributed by atoms with van der Waals surface area (Å²) in [4.78, 5) is 41.6. The van der Waals surface area contributed by atoms with Gasteiger partial charge in [0.1, 0.15) is 19.6 Å². The quantitative estimate of drug-likeness (QED) is 0.500. The molecular formula is C21H24N5O3+. The maximum atomic E-state index is 12.8. The van der Waals surface area contributed by atoms with Gasteiger partial charge < -0.3 is 16.0 Å². The van der Waals surface area contributed by atoms with Crippen LogP contribution in [-0.4, -0.2) is 35.5 Å². The van der Waals surface area contributed by atoms with Crippen molar-refractivity contribution in [1.29, 1.82) is 0 Å². The van der Waals surface area contributed by atoms with E-state index < -0.39 is 5.91 Å². The van der Waals surface area contributed by atoms with Crippen LogP contribution in [0.25, 0.3) is 10.9 Å². The molecule has 0 radical (unpaired) electrons. The molecule has 1 atom stereocenters. The van der Waals surface area contributed by atoms with Gasteiger partial charge in [0.15, 0.2) is 5.82 Å². The summed E-state index contributed by atoms with van der Waals surface area (Å²) >= 11 is 0.